The first-order chi connectivity index (χ1) is 8.92. The number of H-pyrrole nitrogens is 1. The van der Waals surface area contributed by atoms with Gasteiger partial charge < -0.3 is 9.72 Å². The second-order valence-electron chi connectivity index (χ2n) is 4.50. The number of nitrogens with zero attached hydrogens (tertiary/aromatic N) is 1. The average molecular weight is 236 g/mol. The van der Waals surface area contributed by atoms with Crippen LogP contribution in [0.25, 0.3) is 22.3 Å². The lowest BCUT2D eigenvalue weighted by atomic mass is 10.0. The van der Waals surface area contributed by atoms with Gasteiger partial charge in [0.2, 0.25) is 0 Å². The third-order valence-electron chi connectivity index (χ3n) is 3.42. The number of ether oxygens (including phenoxy) is 1. The van der Waals surface area contributed by atoms with E-state index in [0.717, 1.165) is 35.5 Å². The van der Waals surface area contributed by atoms with Crippen molar-refractivity contribution in [1.29, 1.82) is 0 Å². The van der Waals surface area contributed by atoms with Crippen LogP contribution in [0.5, 0.6) is 5.75 Å². The Bertz CT molecular complexity index is 697. The Balaban J connectivity index is 1.95. The minimum atomic E-state index is 0.783. The van der Waals surface area contributed by atoms with Gasteiger partial charge in [-0.05, 0) is 24.3 Å². The Hall–Kier alpha value is -2.29. The summed E-state index contributed by atoms with van der Waals surface area (Å²) >= 11 is 0. The summed E-state index contributed by atoms with van der Waals surface area (Å²) in [7, 11) is 0. The smallest absolute Gasteiger partial charge is 0.137 e. The first-order valence-electron chi connectivity index (χ1n) is 6.10. The zero-order valence-corrected chi connectivity index (χ0v) is 9.81. The van der Waals surface area contributed by atoms with Crippen LogP contribution in [0.2, 0.25) is 0 Å². The maximum absolute atomic E-state index is 5.61. The van der Waals surface area contributed by atoms with Gasteiger partial charge in [-0.25, -0.2) is 4.98 Å². The van der Waals surface area contributed by atoms with Crippen molar-refractivity contribution >= 4 is 11.0 Å². The fourth-order valence-electron chi connectivity index (χ4n) is 2.58. The number of aromatic amines is 1. The molecule has 0 amide bonds. The Morgan fingerprint density at radius 3 is 3.11 bits per heavy atom. The van der Waals surface area contributed by atoms with E-state index in [1.807, 2.05) is 18.2 Å². The number of rotatable bonds is 1. The van der Waals surface area contributed by atoms with Crippen LogP contribution in [0.3, 0.4) is 0 Å². The summed E-state index contributed by atoms with van der Waals surface area (Å²) in [5.41, 5.74) is 4.57. The van der Waals surface area contributed by atoms with Crippen LogP contribution in [0.4, 0.5) is 0 Å². The molecule has 1 aromatic carbocycles. The van der Waals surface area contributed by atoms with Crippen molar-refractivity contribution in [3.63, 3.8) is 0 Å². The Kier molecular flexibility index (Phi) is 1.94. The molecule has 0 atom stereocenters. The summed E-state index contributed by atoms with van der Waals surface area (Å²) in [6, 6.07) is 12.4. The SMILES string of the molecule is c1cc2c(c(-c3cc4cccnc4[nH]3)c1)CCO2. The molecule has 88 valence electrons. The van der Waals surface area contributed by atoms with Gasteiger partial charge in [0, 0.05) is 34.8 Å². The minimum Gasteiger partial charge on any atom is -0.493 e. The molecule has 1 N–H and O–H groups in total. The van der Waals surface area contributed by atoms with E-state index in [0.29, 0.717) is 0 Å². The number of hydrogen-bond donors (Lipinski definition) is 1. The molecule has 0 spiro atoms. The van der Waals surface area contributed by atoms with Crippen molar-refractivity contribution in [2.45, 2.75) is 6.42 Å². The Labute approximate surface area is 104 Å². The predicted octanol–water partition coefficient (Wildman–Crippen LogP) is 3.16. The number of fused-ring (bicyclic) bond motifs is 2. The van der Waals surface area contributed by atoms with Gasteiger partial charge in [-0.3, -0.25) is 0 Å². The molecule has 3 nitrogen and oxygen atoms in total. The van der Waals surface area contributed by atoms with Gasteiger partial charge in [-0.2, -0.15) is 0 Å². The summed E-state index contributed by atoms with van der Waals surface area (Å²) in [5.74, 6) is 1.01. The summed E-state index contributed by atoms with van der Waals surface area (Å²) in [5, 5.41) is 1.14. The molecule has 0 saturated carbocycles. The summed E-state index contributed by atoms with van der Waals surface area (Å²) in [6.07, 6.45) is 2.79. The zero-order valence-electron chi connectivity index (χ0n) is 9.81. The highest BCUT2D eigenvalue weighted by Gasteiger charge is 2.17. The van der Waals surface area contributed by atoms with Gasteiger partial charge in [-0.1, -0.05) is 12.1 Å². The van der Waals surface area contributed by atoms with Crippen LogP contribution in [0.1, 0.15) is 5.56 Å². The van der Waals surface area contributed by atoms with Crippen LogP contribution in [-0.4, -0.2) is 16.6 Å². The van der Waals surface area contributed by atoms with E-state index in [9.17, 15) is 0 Å². The molecule has 0 radical (unpaired) electrons. The number of pyridine rings is 1. The highest BCUT2D eigenvalue weighted by atomic mass is 16.5. The molecule has 0 unspecified atom stereocenters. The number of benzene rings is 1. The zero-order chi connectivity index (χ0) is 11.9. The Morgan fingerprint density at radius 1 is 1.17 bits per heavy atom. The number of nitrogens with one attached hydrogen (secondary N) is 1. The monoisotopic (exact) mass is 236 g/mol. The third kappa shape index (κ3) is 1.34. The van der Waals surface area contributed by atoms with E-state index < -0.39 is 0 Å². The van der Waals surface area contributed by atoms with Crippen molar-refractivity contribution in [1.82, 2.24) is 9.97 Å². The van der Waals surface area contributed by atoms with E-state index in [1.54, 1.807) is 6.20 Å². The molecule has 1 aliphatic rings. The van der Waals surface area contributed by atoms with Crippen LogP contribution in [0, 0.1) is 0 Å². The van der Waals surface area contributed by atoms with Crippen molar-refractivity contribution < 1.29 is 4.74 Å². The topological polar surface area (TPSA) is 37.9 Å². The summed E-state index contributed by atoms with van der Waals surface area (Å²) in [6.45, 7) is 0.783. The largest absolute Gasteiger partial charge is 0.493 e. The molecular formula is C15H12N2O. The molecule has 3 aromatic rings. The predicted molar refractivity (Wildman–Crippen MR) is 70.7 cm³/mol. The normalized spacial score (nSPS) is 13.6. The molecule has 1 aliphatic heterocycles. The molecule has 18 heavy (non-hydrogen) atoms. The van der Waals surface area contributed by atoms with Crippen LogP contribution < -0.4 is 4.74 Å². The fourth-order valence-corrected chi connectivity index (χ4v) is 2.58. The molecule has 0 bridgehead atoms. The quantitative estimate of drug-likeness (QED) is 0.704. The standard InChI is InChI=1S/C15H12N2O/c1-4-11(12-6-8-18-14(12)5-1)13-9-10-3-2-7-16-15(10)17-13/h1-5,7,9H,6,8H2,(H,16,17). The van der Waals surface area contributed by atoms with Crippen LogP contribution in [-0.2, 0) is 6.42 Å². The van der Waals surface area contributed by atoms with E-state index >= 15 is 0 Å². The van der Waals surface area contributed by atoms with Gasteiger partial charge in [0.15, 0.2) is 0 Å². The molecule has 0 aliphatic carbocycles. The van der Waals surface area contributed by atoms with E-state index in [4.69, 9.17) is 4.74 Å². The van der Waals surface area contributed by atoms with Gasteiger partial charge in [0.25, 0.3) is 0 Å². The van der Waals surface area contributed by atoms with Crippen LogP contribution in [0.15, 0.2) is 42.6 Å². The number of aromatic nitrogens is 2. The van der Waals surface area contributed by atoms with Crippen molar-refractivity contribution in [2.24, 2.45) is 0 Å². The molecule has 0 saturated heterocycles. The molecule has 4 rings (SSSR count). The molecule has 3 heterocycles. The summed E-state index contributed by atoms with van der Waals surface area (Å²) in [4.78, 5) is 7.71. The highest BCUT2D eigenvalue weighted by molar-refractivity contribution is 5.84. The second-order valence-corrected chi connectivity index (χ2v) is 4.50. The molecule has 2 aromatic heterocycles. The highest BCUT2D eigenvalue weighted by Crippen LogP contribution is 2.35. The lowest BCUT2D eigenvalue weighted by Crippen LogP contribution is -1.87. The third-order valence-corrected chi connectivity index (χ3v) is 3.42. The van der Waals surface area contributed by atoms with E-state index in [-0.39, 0.29) is 0 Å². The van der Waals surface area contributed by atoms with Gasteiger partial charge in [-0.15, -0.1) is 0 Å². The Morgan fingerprint density at radius 2 is 2.17 bits per heavy atom. The first-order valence-corrected chi connectivity index (χ1v) is 6.10. The fraction of sp³-hybridized carbons (Fsp3) is 0.133. The lowest BCUT2D eigenvalue weighted by Gasteiger charge is -2.04. The second kappa shape index (κ2) is 3.60. The van der Waals surface area contributed by atoms with Crippen molar-refractivity contribution in [2.75, 3.05) is 6.61 Å². The lowest BCUT2D eigenvalue weighted by molar-refractivity contribution is 0.357. The first kappa shape index (κ1) is 9.71. The molecule has 0 fully saturated rings. The average Bonchev–Trinajstić information content (AvgIpc) is 3.04. The van der Waals surface area contributed by atoms with Crippen LogP contribution >= 0.6 is 0 Å². The van der Waals surface area contributed by atoms with Crippen molar-refractivity contribution in [3.8, 4) is 17.0 Å². The van der Waals surface area contributed by atoms with Crippen molar-refractivity contribution in [3.05, 3.63) is 48.2 Å². The maximum Gasteiger partial charge on any atom is 0.137 e. The number of hydrogen-bond acceptors (Lipinski definition) is 2. The van der Waals surface area contributed by atoms with E-state index in [1.165, 1.54) is 11.1 Å². The molecular weight excluding hydrogens is 224 g/mol. The minimum absolute atomic E-state index is 0.783. The van der Waals surface area contributed by atoms with Gasteiger partial charge >= 0.3 is 0 Å². The molecule has 3 heteroatoms. The summed E-state index contributed by atoms with van der Waals surface area (Å²) < 4.78 is 5.61. The van der Waals surface area contributed by atoms with Gasteiger partial charge in [0.1, 0.15) is 11.4 Å². The maximum atomic E-state index is 5.61. The van der Waals surface area contributed by atoms with E-state index in [2.05, 4.69) is 28.2 Å². The van der Waals surface area contributed by atoms with Gasteiger partial charge in [0.05, 0.1) is 6.61 Å².